The van der Waals surface area contributed by atoms with Gasteiger partial charge in [0.2, 0.25) is 0 Å². The van der Waals surface area contributed by atoms with Crippen LogP contribution in [-0.2, 0) is 9.47 Å². The van der Waals surface area contributed by atoms with Crippen LogP contribution in [0.2, 0.25) is 0 Å². The monoisotopic (exact) mass is 207 g/mol. The maximum atomic E-state index is 5.36. The van der Waals surface area contributed by atoms with Crippen molar-refractivity contribution in [1.82, 2.24) is 4.72 Å². The summed E-state index contributed by atoms with van der Waals surface area (Å²) in [6.45, 7) is 8.06. The fourth-order valence-corrected chi connectivity index (χ4v) is 0.850. The molecule has 0 aromatic rings. The van der Waals surface area contributed by atoms with Crippen LogP contribution < -0.4 is 4.72 Å². The molecule has 0 aromatic carbocycles. The van der Waals surface area contributed by atoms with E-state index >= 15 is 0 Å². The van der Waals surface area contributed by atoms with Gasteiger partial charge in [0.1, 0.15) is 0 Å². The molecule has 0 atom stereocenters. The average Bonchev–Trinajstić information content (AvgIpc) is 2.09. The summed E-state index contributed by atoms with van der Waals surface area (Å²) in [5.74, 6) is 0.717. The van der Waals surface area contributed by atoms with Crippen LogP contribution in [0, 0.1) is 5.92 Å². The topological polar surface area (TPSA) is 30.5 Å². The van der Waals surface area contributed by atoms with Crippen molar-refractivity contribution in [3.8, 4) is 0 Å². The van der Waals surface area contributed by atoms with E-state index in [1.165, 1.54) is 0 Å². The molecule has 80 valence electrons. The van der Waals surface area contributed by atoms with Crippen molar-refractivity contribution >= 4 is 12.8 Å². The number of hydrogen-bond donors (Lipinski definition) is 2. The Balaban J connectivity index is 2.84. The van der Waals surface area contributed by atoms with Gasteiger partial charge in [-0.25, -0.2) is 0 Å². The zero-order valence-corrected chi connectivity index (χ0v) is 9.48. The van der Waals surface area contributed by atoms with E-state index in [9.17, 15) is 0 Å². The van der Waals surface area contributed by atoms with Gasteiger partial charge in [-0.15, -0.1) is 0 Å². The lowest BCUT2D eigenvalue weighted by Gasteiger charge is -2.06. The Kier molecular flexibility index (Phi) is 10.5. The summed E-state index contributed by atoms with van der Waals surface area (Å²) in [4.78, 5) is 0. The zero-order valence-electron chi connectivity index (χ0n) is 8.58. The van der Waals surface area contributed by atoms with E-state index in [0.717, 1.165) is 19.6 Å². The van der Waals surface area contributed by atoms with Crippen LogP contribution in [0.1, 0.15) is 20.3 Å². The maximum Gasteiger partial charge on any atom is 0.0701 e. The number of thiol groups is 1. The van der Waals surface area contributed by atoms with Crippen LogP contribution in [0.5, 0.6) is 0 Å². The minimum atomic E-state index is 0.674. The quantitative estimate of drug-likeness (QED) is 0.444. The minimum Gasteiger partial charge on any atom is -0.379 e. The van der Waals surface area contributed by atoms with Crippen LogP contribution in [0.25, 0.3) is 0 Å². The molecule has 0 aliphatic carbocycles. The molecule has 3 nitrogen and oxygen atoms in total. The molecule has 0 bridgehead atoms. The Morgan fingerprint density at radius 1 is 1.08 bits per heavy atom. The second-order valence-electron chi connectivity index (χ2n) is 3.32. The molecular formula is C9H21NO2S. The summed E-state index contributed by atoms with van der Waals surface area (Å²) in [7, 11) is 0. The van der Waals surface area contributed by atoms with Gasteiger partial charge in [-0.3, -0.25) is 4.72 Å². The SMILES string of the molecule is CC(C)CCOCCOCCNS. The second kappa shape index (κ2) is 10.3. The van der Waals surface area contributed by atoms with Crippen LogP contribution in [0.3, 0.4) is 0 Å². The lowest BCUT2D eigenvalue weighted by atomic mass is 10.1. The Morgan fingerprint density at radius 3 is 2.23 bits per heavy atom. The highest BCUT2D eigenvalue weighted by molar-refractivity contribution is 7.78. The zero-order chi connectivity index (χ0) is 9.94. The Hall–Kier alpha value is 0.230. The van der Waals surface area contributed by atoms with Gasteiger partial charge in [0, 0.05) is 13.2 Å². The highest BCUT2D eigenvalue weighted by atomic mass is 32.1. The van der Waals surface area contributed by atoms with Gasteiger partial charge in [-0.2, -0.15) is 0 Å². The fourth-order valence-electron chi connectivity index (χ4n) is 0.759. The van der Waals surface area contributed by atoms with Gasteiger partial charge in [0.05, 0.1) is 19.8 Å². The first-order chi connectivity index (χ1) is 6.27. The first-order valence-corrected chi connectivity index (χ1v) is 5.24. The van der Waals surface area contributed by atoms with Crippen molar-refractivity contribution in [2.45, 2.75) is 20.3 Å². The highest BCUT2D eigenvalue weighted by Gasteiger charge is 1.93. The molecular weight excluding hydrogens is 186 g/mol. The standard InChI is InChI=1S/C9H21NO2S/c1-9(2)3-5-11-7-8-12-6-4-10-13/h9-10,13H,3-8H2,1-2H3. The average molecular weight is 207 g/mol. The van der Waals surface area contributed by atoms with Crippen molar-refractivity contribution in [2.24, 2.45) is 5.92 Å². The van der Waals surface area contributed by atoms with E-state index in [-0.39, 0.29) is 0 Å². The van der Waals surface area contributed by atoms with Gasteiger partial charge in [0.15, 0.2) is 0 Å². The second-order valence-corrected chi connectivity index (χ2v) is 3.63. The van der Waals surface area contributed by atoms with E-state index in [1.54, 1.807) is 0 Å². The smallest absolute Gasteiger partial charge is 0.0701 e. The molecule has 0 fully saturated rings. The third-order valence-corrected chi connectivity index (χ3v) is 1.79. The first-order valence-electron chi connectivity index (χ1n) is 4.79. The Bertz CT molecular complexity index is 102. The van der Waals surface area contributed by atoms with Crippen molar-refractivity contribution in [3.05, 3.63) is 0 Å². The molecule has 1 N–H and O–H groups in total. The van der Waals surface area contributed by atoms with Crippen molar-refractivity contribution < 1.29 is 9.47 Å². The molecule has 0 saturated heterocycles. The molecule has 0 spiro atoms. The maximum absolute atomic E-state index is 5.36. The molecule has 0 aliphatic rings. The number of nitrogens with one attached hydrogen (secondary N) is 1. The largest absolute Gasteiger partial charge is 0.379 e. The third-order valence-electron chi connectivity index (χ3n) is 1.57. The first kappa shape index (κ1) is 13.2. The molecule has 0 radical (unpaired) electrons. The van der Waals surface area contributed by atoms with E-state index in [4.69, 9.17) is 9.47 Å². The molecule has 0 saturated carbocycles. The van der Waals surface area contributed by atoms with Crippen molar-refractivity contribution in [1.29, 1.82) is 0 Å². The summed E-state index contributed by atoms with van der Waals surface area (Å²) < 4.78 is 13.3. The summed E-state index contributed by atoms with van der Waals surface area (Å²) >= 11 is 3.84. The number of ether oxygens (including phenoxy) is 2. The molecule has 0 unspecified atom stereocenters. The third kappa shape index (κ3) is 12.2. The van der Waals surface area contributed by atoms with Gasteiger partial charge >= 0.3 is 0 Å². The van der Waals surface area contributed by atoms with E-state index in [0.29, 0.717) is 25.7 Å². The van der Waals surface area contributed by atoms with Crippen LogP contribution in [0.4, 0.5) is 0 Å². The summed E-state index contributed by atoms with van der Waals surface area (Å²) in [6.07, 6.45) is 1.12. The Labute approximate surface area is 86.7 Å². The summed E-state index contributed by atoms with van der Waals surface area (Å²) in [6, 6.07) is 0. The molecule has 0 aliphatic heterocycles. The predicted molar refractivity (Wildman–Crippen MR) is 58.1 cm³/mol. The Morgan fingerprint density at radius 2 is 1.69 bits per heavy atom. The number of hydrogen-bond acceptors (Lipinski definition) is 4. The van der Waals surface area contributed by atoms with Gasteiger partial charge < -0.3 is 9.47 Å². The van der Waals surface area contributed by atoms with Gasteiger partial charge in [-0.1, -0.05) is 26.7 Å². The molecule has 0 amide bonds. The molecule has 13 heavy (non-hydrogen) atoms. The van der Waals surface area contributed by atoms with E-state index in [1.807, 2.05) is 0 Å². The van der Waals surface area contributed by atoms with Crippen LogP contribution >= 0.6 is 12.8 Å². The molecule has 4 heteroatoms. The fraction of sp³-hybridized carbons (Fsp3) is 1.00. The van der Waals surface area contributed by atoms with E-state index < -0.39 is 0 Å². The van der Waals surface area contributed by atoms with E-state index in [2.05, 4.69) is 31.4 Å². The number of rotatable bonds is 9. The highest BCUT2D eigenvalue weighted by Crippen LogP contribution is 1.98. The lowest BCUT2D eigenvalue weighted by Crippen LogP contribution is -2.13. The predicted octanol–water partition coefficient (Wildman–Crippen LogP) is 1.50. The van der Waals surface area contributed by atoms with Crippen LogP contribution in [0.15, 0.2) is 0 Å². The van der Waals surface area contributed by atoms with Gasteiger partial charge in [0.25, 0.3) is 0 Å². The van der Waals surface area contributed by atoms with Crippen molar-refractivity contribution in [3.63, 3.8) is 0 Å². The lowest BCUT2D eigenvalue weighted by molar-refractivity contribution is 0.0462. The molecule has 0 heterocycles. The molecule has 0 rings (SSSR count). The summed E-state index contributed by atoms with van der Waals surface area (Å²) in [5, 5.41) is 0. The van der Waals surface area contributed by atoms with Crippen LogP contribution in [-0.4, -0.2) is 33.0 Å². The summed E-state index contributed by atoms with van der Waals surface area (Å²) in [5.41, 5.74) is 0. The molecule has 0 aromatic heterocycles. The van der Waals surface area contributed by atoms with Crippen molar-refractivity contribution in [2.75, 3.05) is 33.0 Å². The minimum absolute atomic E-state index is 0.674. The van der Waals surface area contributed by atoms with Gasteiger partial charge in [-0.05, 0) is 12.3 Å². The normalized spacial score (nSPS) is 11.1.